The summed E-state index contributed by atoms with van der Waals surface area (Å²) >= 11 is 11.4. The van der Waals surface area contributed by atoms with Crippen LogP contribution in [0.1, 0.15) is 12.8 Å². The van der Waals surface area contributed by atoms with Gasteiger partial charge in [-0.05, 0) is 37.2 Å². The summed E-state index contributed by atoms with van der Waals surface area (Å²) in [6, 6.07) is 2.80. The molecular formula is C13H18ClFN4OS. The standard InChI is InChI=1S/C13H18ClFN4OS/c1-18(13(21)19-6-4-3-5-16-19)12-8-11(17-20-2)9(14)7-10(12)15/h7-8,16-17H,3-6H2,1-2H3. The van der Waals surface area contributed by atoms with Crippen molar-refractivity contribution in [3.8, 4) is 0 Å². The Labute approximate surface area is 133 Å². The number of hydrogen-bond acceptors (Lipinski definition) is 4. The first kappa shape index (κ1) is 16.2. The molecule has 1 aromatic carbocycles. The van der Waals surface area contributed by atoms with E-state index in [2.05, 4.69) is 10.9 Å². The smallest absolute Gasteiger partial charge is 0.190 e. The summed E-state index contributed by atoms with van der Waals surface area (Å²) in [4.78, 5) is 6.44. The molecule has 0 atom stereocenters. The summed E-state index contributed by atoms with van der Waals surface area (Å²) < 4.78 is 14.2. The molecule has 1 aliphatic rings. The number of nitrogens with one attached hydrogen (secondary N) is 2. The van der Waals surface area contributed by atoms with Crippen LogP contribution in [0.25, 0.3) is 0 Å². The second-order valence-electron chi connectivity index (χ2n) is 4.70. The maximum Gasteiger partial charge on any atom is 0.190 e. The zero-order chi connectivity index (χ0) is 15.4. The number of thiocarbonyl (C=S) groups is 1. The molecule has 116 valence electrons. The van der Waals surface area contributed by atoms with Gasteiger partial charge in [-0.25, -0.2) is 9.82 Å². The predicted molar refractivity (Wildman–Crippen MR) is 87.0 cm³/mol. The molecule has 1 saturated heterocycles. The highest BCUT2D eigenvalue weighted by atomic mass is 35.5. The fourth-order valence-corrected chi connectivity index (χ4v) is 2.56. The molecule has 0 spiro atoms. The van der Waals surface area contributed by atoms with Crippen LogP contribution in [0.5, 0.6) is 0 Å². The summed E-state index contributed by atoms with van der Waals surface area (Å²) in [5.41, 5.74) is 6.63. The molecule has 1 aliphatic heterocycles. The van der Waals surface area contributed by atoms with Crippen molar-refractivity contribution in [1.82, 2.24) is 10.4 Å². The highest BCUT2D eigenvalue weighted by Crippen LogP contribution is 2.30. The van der Waals surface area contributed by atoms with Gasteiger partial charge in [-0.1, -0.05) is 11.6 Å². The lowest BCUT2D eigenvalue weighted by molar-refractivity contribution is 0.258. The van der Waals surface area contributed by atoms with Crippen molar-refractivity contribution in [2.75, 3.05) is 37.6 Å². The van der Waals surface area contributed by atoms with Gasteiger partial charge in [0.05, 0.1) is 23.5 Å². The molecule has 8 heteroatoms. The molecule has 0 amide bonds. The van der Waals surface area contributed by atoms with E-state index in [1.54, 1.807) is 18.0 Å². The Bertz CT molecular complexity index is 525. The number of hydrazine groups is 1. The predicted octanol–water partition coefficient (Wildman–Crippen LogP) is 2.77. The van der Waals surface area contributed by atoms with Crippen molar-refractivity contribution in [3.05, 3.63) is 23.0 Å². The lowest BCUT2D eigenvalue weighted by Crippen LogP contribution is -2.52. The van der Waals surface area contributed by atoms with Gasteiger partial charge in [0.1, 0.15) is 5.82 Å². The molecule has 0 radical (unpaired) electrons. The number of halogens is 2. The van der Waals surface area contributed by atoms with Crippen molar-refractivity contribution < 1.29 is 9.23 Å². The molecular weight excluding hydrogens is 315 g/mol. The van der Waals surface area contributed by atoms with Crippen LogP contribution in [0.4, 0.5) is 15.8 Å². The lowest BCUT2D eigenvalue weighted by Gasteiger charge is -2.34. The van der Waals surface area contributed by atoms with Gasteiger partial charge < -0.3 is 4.90 Å². The van der Waals surface area contributed by atoms with Crippen LogP contribution in [0.15, 0.2) is 12.1 Å². The molecule has 0 unspecified atom stereocenters. The van der Waals surface area contributed by atoms with Crippen molar-refractivity contribution in [3.63, 3.8) is 0 Å². The molecule has 0 saturated carbocycles. The van der Waals surface area contributed by atoms with Crippen LogP contribution in [0.3, 0.4) is 0 Å². The average molecular weight is 333 g/mol. The number of anilines is 2. The number of nitrogens with zero attached hydrogens (tertiary/aromatic N) is 2. The molecule has 5 nitrogen and oxygen atoms in total. The Morgan fingerprint density at radius 2 is 2.29 bits per heavy atom. The van der Waals surface area contributed by atoms with Gasteiger partial charge >= 0.3 is 0 Å². The Balaban J connectivity index is 2.22. The highest BCUT2D eigenvalue weighted by Gasteiger charge is 2.20. The molecule has 0 bridgehead atoms. The van der Waals surface area contributed by atoms with E-state index in [1.807, 2.05) is 5.01 Å². The van der Waals surface area contributed by atoms with E-state index in [-0.39, 0.29) is 5.02 Å². The average Bonchev–Trinajstić information content (AvgIpc) is 2.49. The van der Waals surface area contributed by atoms with Crippen LogP contribution in [-0.4, -0.2) is 37.4 Å². The zero-order valence-corrected chi connectivity index (χ0v) is 13.5. The van der Waals surface area contributed by atoms with Gasteiger partial charge in [-0.2, -0.15) is 0 Å². The Morgan fingerprint density at radius 3 is 2.90 bits per heavy atom. The number of benzene rings is 1. The van der Waals surface area contributed by atoms with Gasteiger partial charge in [0.25, 0.3) is 0 Å². The number of rotatable bonds is 3. The molecule has 0 aliphatic carbocycles. The first-order chi connectivity index (χ1) is 10.0. The second-order valence-corrected chi connectivity index (χ2v) is 5.47. The first-order valence-corrected chi connectivity index (χ1v) is 7.40. The fraction of sp³-hybridized carbons (Fsp3) is 0.462. The van der Waals surface area contributed by atoms with Gasteiger partial charge in [0, 0.05) is 20.1 Å². The molecule has 2 N–H and O–H groups in total. The monoisotopic (exact) mass is 332 g/mol. The van der Waals surface area contributed by atoms with Gasteiger partial charge in [0.2, 0.25) is 0 Å². The van der Waals surface area contributed by atoms with E-state index in [1.165, 1.54) is 13.2 Å². The summed E-state index contributed by atoms with van der Waals surface area (Å²) in [6.45, 7) is 1.68. The van der Waals surface area contributed by atoms with Crippen molar-refractivity contribution in [1.29, 1.82) is 0 Å². The molecule has 1 heterocycles. The van der Waals surface area contributed by atoms with Crippen LogP contribution >= 0.6 is 23.8 Å². The quantitative estimate of drug-likeness (QED) is 0.655. The third-order valence-electron chi connectivity index (χ3n) is 3.24. The summed E-state index contributed by atoms with van der Waals surface area (Å²) in [5, 5.41) is 2.61. The van der Waals surface area contributed by atoms with Crippen LogP contribution in [0, 0.1) is 5.82 Å². The largest absolute Gasteiger partial charge is 0.318 e. The van der Waals surface area contributed by atoms with Gasteiger partial charge in [0.15, 0.2) is 5.11 Å². The van der Waals surface area contributed by atoms with Crippen LogP contribution in [0.2, 0.25) is 5.02 Å². The van der Waals surface area contributed by atoms with Crippen LogP contribution < -0.4 is 15.8 Å². The minimum Gasteiger partial charge on any atom is -0.318 e. The summed E-state index contributed by atoms with van der Waals surface area (Å²) in [6.07, 6.45) is 2.17. The van der Waals surface area contributed by atoms with E-state index in [0.717, 1.165) is 25.9 Å². The fourth-order valence-electron chi connectivity index (χ4n) is 2.12. The van der Waals surface area contributed by atoms with E-state index in [4.69, 9.17) is 28.7 Å². The second kappa shape index (κ2) is 7.22. The van der Waals surface area contributed by atoms with E-state index in [0.29, 0.717) is 16.5 Å². The molecule has 1 fully saturated rings. The van der Waals surface area contributed by atoms with Crippen molar-refractivity contribution in [2.24, 2.45) is 0 Å². The first-order valence-electron chi connectivity index (χ1n) is 6.61. The molecule has 2 rings (SSSR count). The number of hydrogen-bond donors (Lipinski definition) is 2. The Morgan fingerprint density at radius 1 is 1.52 bits per heavy atom. The maximum atomic E-state index is 14.2. The maximum absolute atomic E-state index is 14.2. The normalized spacial score (nSPS) is 15.0. The SMILES string of the molecule is CONc1cc(N(C)C(=S)N2CCCCN2)c(F)cc1Cl. The summed E-state index contributed by atoms with van der Waals surface area (Å²) in [5.74, 6) is -0.441. The summed E-state index contributed by atoms with van der Waals surface area (Å²) in [7, 11) is 3.19. The third-order valence-corrected chi connectivity index (χ3v) is 4.05. The Kier molecular flexibility index (Phi) is 5.58. The Hall–Kier alpha value is -1.15. The zero-order valence-electron chi connectivity index (χ0n) is 11.9. The van der Waals surface area contributed by atoms with Crippen LogP contribution in [-0.2, 0) is 4.84 Å². The van der Waals surface area contributed by atoms with Gasteiger partial charge in [-0.15, -0.1) is 0 Å². The topological polar surface area (TPSA) is 39.8 Å². The minimum absolute atomic E-state index is 0.244. The van der Waals surface area contributed by atoms with E-state index in [9.17, 15) is 4.39 Å². The highest BCUT2D eigenvalue weighted by molar-refractivity contribution is 7.80. The van der Waals surface area contributed by atoms with Crippen molar-refractivity contribution >= 4 is 40.3 Å². The third kappa shape index (κ3) is 3.74. The van der Waals surface area contributed by atoms with Crippen molar-refractivity contribution in [2.45, 2.75) is 12.8 Å². The van der Waals surface area contributed by atoms with E-state index >= 15 is 0 Å². The molecule has 21 heavy (non-hydrogen) atoms. The lowest BCUT2D eigenvalue weighted by atomic mass is 10.2. The molecule has 0 aromatic heterocycles. The molecule has 1 aromatic rings. The van der Waals surface area contributed by atoms with Gasteiger partial charge in [-0.3, -0.25) is 15.3 Å². The minimum atomic E-state index is -0.441. The van der Waals surface area contributed by atoms with E-state index < -0.39 is 5.82 Å².